The number of benzene rings is 1. The Morgan fingerprint density at radius 2 is 2.08 bits per heavy atom. The Labute approximate surface area is 149 Å². The molecule has 1 saturated carbocycles. The lowest BCUT2D eigenvalue weighted by atomic mass is 9.96. The maximum absolute atomic E-state index is 9.79. The summed E-state index contributed by atoms with van der Waals surface area (Å²) in [6, 6.07) is 8.41. The summed E-state index contributed by atoms with van der Waals surface area (Å²) in [7, 11) is 0. The number of nitrogens with zero attached hydrogens (tertiary/aromatic N) is 3. The minimum Gasteiger partial charge on any atom is -0.389 e. The smallest absolute Gasteiger partial charge is 0.136 e. The lowest BCUT2D eigenvalue weighted by Gasteiger charge is -2.30. The van der Waals surface area contributed by atoms with E-state index >= 15 is 0 Å². The molecule has 0 bridgehead atoms. The predicted octanol–water partition coefficient (Wildman–Crippen LogP) is 3.40. The van der Waals surface area contributed by atoms with Crippen LogP contribution in [0.5, 0.6) is 0 Å². The van der Waals surface area contributed by atoms with E-state index in [2.05, 4.69) is 40.3 Å². The molecule has 0 spiro atoms. The summed E-state index contributed by atoms with van der Waals surface area (Å²) >= 11 is 0. The molecule has 2 aliphatic rings. The summed E-state index contributed by atoms with van der Waals surface area (Å²) in [6.45, 7) is 6.59. The van der Waals surface area contributed by atoms with Crippen LogP contribution in [0, 0.1) is 0 Å². The predicted molar refractivity (Wildman–Crippen MR) is 100 cm³/mol. The second-order valence-electron chi connectivity index (χ2n) is 7.15. The highest BCUT2D eigenvalue weighted by molar-refractivity contribution is 5.52. The van der Waals surface area contributed by atoms with Crippen molar-refractivity contribution >= 4 is 11.6 Å². The standard InChI is InChI=1S/C20H26N4O/c1-3-21-18-11-19(23-20(22-18)14-4-5-14)24-9-8-16-10-15(13(2)25)6-7-17(16)12-24/h6-7,10-11,13-14,25H,3-5,8-9,12H2,1-2H3,(H,21,22,23)/t13-/m1/s1. The first-order valence-electron chi connectivity index (χ1n) is 9.31. The average molecular weight is 338 g/mol. The fourth-order valence-corrected chi connectivity index (χ4v) is 3.44. The minimum absolute atomic E-state index is 0.408. The first-order valence-corrected chi connectivity index (χ1v) is 9.31. The van der Waals surface area contributed by atoms with Crippen molar-refractivity contribution in [3.05, 3.63) is 46.8 Å². The summed E-state index contributed by atoms with van der Waals surface area (Å²) in [6.07, 6.45) is 2.99. The largest absolute Gasteiger partial charge is 0.389 e. The van der Waals surface area contributed by atoms with Gasteiger partial charge in [0.25, 0.3) is 0 Å². The molecule has 5 heteroatoms. The minimum atomic E-state index is -0.408. The number of fused-ring (bicyclic) bond motifs is 1. The van der Waals surface area contributed by atoms with E-state index < -0.39 is 6.10 Å². The zero-order valence-corrected chi connectivity index (χ0v) is 15.0. The highest BCUT2D eigenvalue weighted by Gasteiger charge is 2.28. The number of aliphatic hydroxyl groups excluding tert-OH is 1. The van der Waals surface area contributed by atoms with Crippen molar-refractivity contribution in [2.45, 2.75) is 51.7 Å². The first-order chi connectivity index (χ1) is 12.1. The topological polar surface area (TPSA) is 61.3 Å². The molecule has 0 unspecified atom stereocenters. The maximum Gasteiger partial charge on any atom is 0.136 e. The summed E-state index contributed by atoms with van der Waals surface area (Å²) in [5, 5.41) is 13.1. The van der Waals surface area contributed by atoms with Crippen LogP contribution in [0.4, 0.5) is 11.6 Å². The molecule has 0 radical (unpaired) electrons. The average Bonchev–Trinajstić information content (AvgIpc) is 3.46. The highest BCUT2D eigenvalue weighted by Crippen LogP contribution is 2.39. The van der Waals surface area contributed by atoms with E-state index in [0.717, 1.165) is 49.1 Å². The number of aliphatic hydroxyl groups is 1. The molecule has 1 aromatic heterocycles. The molecule has 0 amide bonds. The molecular weight excluding hydrogens is 312 g/mol. The number of rotatable bonds is 5. The molecule has 25 heavy (non-hydrogen) atoms. The second kappa shape index (κ2) is 6.64. The van der Waals surface area contributed by atoms with Gasteiger partial charge in [-0.2, -0.15) is 0 Å². The quantitative estimate of drug-likeness (QED) is 0.875. The Balaban J connectivity index is 1.60. The van der Waals surface area contributed by atoms with Crippen LogP contribution in [0.1, 0.15) is 61.2 Å². The molecule has 132 valence electrons. The fourth-order valence-electron chi connectivity index (χ4n) is 3.44. The Morgan fingerprint density at radius 3 is 2.80 bits per heavy atom. The molecule has 0 saturated heterocycles. The third-order valence-corrected chi connectivity index (χ3v) is 5.08. The fraction of sp³-hybridized carbons (Fsp3) is 0.500. The third kappa shape index (κ3) is 3.47. The van der Waals surface area contributed by atoms with Crippen LogP contribution in [-0.2, 0) is 13.0 Å². The van der Waals surface area contributed by atoms with Crippen LogP contribution >= 0.6 is 0 Å². The van der Waals surface area contributed by atoms with E-state index in [0.29, 0.717) is 5.92 Å². The molecule has 2 aromatic rings. The summed E-state index contributed by atoms with van der Waals surface area (Å²) < 4.78 is 0. The van der Waals surface area contributed by atoms with Crippen LogP contribution in [0.15, 0.2) is 24.3 Å². The van der Waals surface area contributed by atoms with Gasteiger partial charge in [-0.05, 0) is 49.8 Å². The zero-order chi connectivity index (χ0) is 17.4. The number of hydrogen-bond donors (Lipinski definition) is 2. The van der Waals surface area contributed by atoms with E-state index in [1.54, 1.807) is 0 Å². The van der Waals surface area contributed by atoms with Gasteiger partial charge in [-0.3, -0.25) is 0 Å². The molecule has 2 N–H and O–H groups in total. The summed E-state index contributed by atoms with van der Waals surface area (Å²) in [5.41, 5.74) is 3.67. The van der Waals surface area contributed by atoms with Crippen molar-refractivity contribution < 1.29 is 5.11 Å². The normalized spacial score (nSPS) is 18.0. The van der Waals surface area contributed by atoms with Gasteiger partial charge in [0.15, 0.2) is 0 Å². The van der Waals surface area contributed by atoms with Gasteiger partial charge in [0, 0.05) is 31.6 Å². The Morgan fingerprint density at radius 1 is 1.24 bits per heavy atom. The van der Waals surface area contributed by atoms with Crippen LogP contribution < -0.4 is 10.2 Å². The van der Waals surface area contributed by atoms with Gasteiger partial charge in [0.2, 0.25) is 0 Å². The number of nitrogens with one attached hydrogen (secondary N) is 1. The van der Waals surface area contributed by atoms with Crippen molar-refractivity contribution in [3.8, 4) is 0 Å². The van der Waals surface area contributed by atoms with Gasteiger partial charge < -0.3 is 15.3 Å². The molecule has 1 fully saturated rings. The molecule has 1 aliphatic carbocycles. The third-order valence-electron chi connectivity index (χ3n) is 5.08. The molecule has 1 aliphatic heterocycles. The van der Waals surface area contributed by atoms with Gasteiger partial charge in [0.05, 0.1) is 6.10 Å². The molecular formula is C20H26N4O. The summed E-state index contributed by atoms with van der Waals surface area (Å²) in [4.78, 5) is 11.9. The van der Waals surface area contributed by atoms with E-state index in [1.807, 2.05) is 13.0 Å². The SMILES string of the molecule is CCNc1cc(N2CCc3cc([C@@H](C)O)ccc3C2)nc(C2CC2)n1. The molecule has 1 aromatic carbocycles. The van der Waals surface area contributed by atoms with Gasteiger partial charge in [-0.25, -0.2) is 9.97 Å². The lowest BCUT2D eigenvalue weighted by molar-refractivity contribution is 0.199. The molecule has 1 atom stereocenters. The molecule has 2 heterocycles. The van der Waals surface area contributed by atoms with E-state index in [1.165, 1.54) is 24.0 Å². The van der Waals surface area contributed by atoms with Gasteiger partial charge in [-0.1, -0.05) is 18.2 Å². The van der Waals surface area contributed by atoms with Crippen LogP contribution in [0.25, 0.3) is 0 Å². The second-order valence-corrected chi connectivity index (χ2v) is 7.15. The Bertz CT molecular complexity index is 770. The first kappa shape index (κ1) is 16.3. The van der Waals surface area contributed by atoms with E-state index in [-0.39, 0.29) is 0 Å². The van der Waals surface area contributed by atoms with Gasteiger partial charge in [0.1, 0.15) is 17.5 Å². The van der Waals surface area contributed by atoms with Gasteiger partial charge >= 0.3 is 0 Å². The van der Waals surface area contributed by atoms with Crippen LogP contribution in [0.2, 0.25) is 0 Å². The van der Waals surface area contributed by atoms with Crippen molar-refractivity contribution in [3.63, 3.8) is 0 Å². The van der Waals surface area contributed by atoms with E-state index in [4.69, 9.17) is 4.98 Å². The lowest BCUT2D eigenvalue weighted by Crippen LogP contribution is -2.31. The van der Waals surface area contributed by atoms with Crippen molar-refractivity contribution in [2.24, 2.45) is 0 Å². The van der Waals surface area contributed by atoms with Crippen molar-refractivity contribution in [1.29, 1.82) is 0 Å². The zero-order valence-electron chi connectivity index (χ0n) is 15.0. The van der Waals surface area contributed by atoms with E-state index in [9.17, 15) is 5.11 Å². The monoisotopic (exact) mass is 338 g/mol. The maximum atomic E-state index is 9.79. The molecule has 5 nitrogen and oxygen atoms in total. The Kier molecular flexibility index (Phi) is 4.34. The number of anilines is 2. The summed E-state index contributed by atoms with van der Waals surface area (Å²) in [5.74, 6) is 3.49. The highest BCUT2D eigenvalue weighted by atomic mass is 16.3. The Hall–Kier alpha value is -2.14. The number of aromatic nitrogens is 2. The molecule has 4 rings (SSSR count). The number of hydrogen-bond acceptors (Lipinski definition) is 5. The van der Waals surface area contributed by atoms with Crippen LogP contribution in [-0.4, -0.2) is 28.2 Å². The van der Waals surface area contributed by atoms with Crippen LogP contribution in [0.3, 0.4) is 0 Å². The van der Waals surface area contributed by atoms with Crippen molar-refractivity contribution in [1.82, 2.24) is 9.97 Å². The van der Waals surface area contributed by atoms with Gasteiger partial charge in [-0.15, -0.1) is 0 Å². The van der Waals surface area contributed by atoms with Crippen molar-refractivity contribution in [2.75, 3.05) is 23.3 Å².